The van der Waals surface area contributed by atoms with Gasteiger partial charge in [-0.3, -0.25) is 5.41 Å². The zero-order chi connectivity index (χ0) is 11.5. The molecule has 1 aromatic rings. The van der Waals surface area contributed by atoms with Gasteiger partial charge in [0.25, 0.3) is 0 Å². The van der Waals surface area contributed by atoms with Crippen LogP contribution in [0.25, 0.3) is 0 Å². The molecule has 0 saturated carbocycles. The molecule has 0 spiro atoms. The minimum Gasteiger partial charge on any atom is -0.299 e. The van der Waals surface area contributed by atoms with Crippen LogP contribution in [0.15, 0.2) is 52.5 Å². The van der Waals surface area contributed by atoms with E-state index in [1.165, 1.54) is 0 Å². The van der Waals surface area contributed by atoms with E-state index in [4.69, 9.17) is 28.6 Å². The average molecular weight is 251 g/mol. The minimum absolute atomic E-state index is 0.347. The number of halogens is 2. The van der Waals surface area contributed by atoms with Crippen molar-refractivity contribution >= 4 is 40.3 Å². The van der Waals surface area contributed by atoms with Gasteiger partial charge in [-0.1, -0.05) is 23.2 Å². The molecule has 1 aliphatic rings. The molecule has 2 rings (SSSR count). The third-order valence-electron chi connectivity index (χ3n) is 2.04. The van der Waals surface area contributed by atoms with E-state index in [0.29, 0.717) is 21.5 Å². The summed E-state index contributed by atoms with van der Waals surface area (Å²) in [6.45, 7) is 0. The molecule has 16 heavy (non-hydrogen) atoms. The predicted molar refractivity (Wildman–Crippen MR) is 69.3 cm³/mol. The molecule has 1 aliphatic carbocycles. The Hall–Kier alpha value is -1.38. The largest absolute Gasteiger partial charge is 0.299 e. The monoisotopic (exact) mass is 250 g/mol. The predicted octanol–water partition coefficient (Wildman–Crippen LogP) is 4.12. The van der Waals surface area contributed by atoms with Crippen LogP contribution in [0.3, 0.4) is 0 Å². The molecule has 0 heterocycles. The van der Waals surface area contributed by atoms with E-state index in [2.05, 4.69) is 4.99 Å². The maximum atomic E-state index is 7.68. The van der Waals surface area contributed by atoms with Crippen LogP contribution >= 0.6 is 23.2 Å². The number of hydrogen-bond donors (Lipinski definition) is 1. The second kappa shape index (κ2) is 4.64. The molecule has 0 amide bonds. The molecule has 1 aromatic carbocycles. The lowest BCUT2D eigenvalue weighted by atomic mass is 10.1. The van der Waals surface area contributed by atoms with E-state index in [-0.39, 0.29) is 0 Å². The number of hydrogen-bond acceptors (Lipinski definition) is 2. The first-order valence-corrected chi connectivity index (χ1v) is 5.39. The van der Waals surface area contributed by atoms with E-state index >= 15 is 0 Å². The summed E-state index contributed by atoms with van der Waals surface area (Å²) in [5.41, 5.74) is 1.65. The molecular weight excluding hydrogens is 243 g/mol. The lowest BCUT2D eigenvalue weighted by Crippen LogP contribution is -2.10. The standard InChI is InChI=1S/C12H8Cl2N2/c13-8-1-4-10(5-2-8)16-12-7-9(14)3-6-11(12)15/h1-7,15H. The summed E-state index contributed by atoms with van der Waals surface area (Å²) in [4.78, 5) is 4.31. The summed E-state index contributed by atoms with van der Waals surface area (Å²) in [6, 6.07) is 7.11. The Balaban J connectivity index is 2.34. The van der Waals surface area contributed by atoms with Gasteiger partial charge in [0.1, 0.15) is 0 Å². The van der Waals surface area contributed by atoms with Gasteiger partial charge in [-0.25, -0.2) is 4.99 Å². The van der Waals surface area contributed by atoms with Crippen molar-refractivity contribution < 1.29 is 0 Å². The van der Waals surface area contributed by atoms with E-state index in [1.807, 2.05) is 0 Å². The first-order chi connectivity index (χ1) is 7.65. The van der Waals surface area contributed by atoms with E-state index in [0.717, 1.165) is 5.69 Å². The zero-order valence-corrected chi connectivity index (χ0v) is 9.76. The fourth-order valence-electron chi connectivity index (χ4n) is 1.25. The number of nitrogens with one attached hydrogen (secondary N) is 1. The highest BCUT2D eigenvalue weighted by Crippen LogP contribution is 2.18. The first-order valence-electron chi connectivity index (χ1n) is 4.63. The maximum absolute atomic E-state index is 7.68. The topological polar surface area (TPSA) is 36.2 Å². The van der Waals surface area contributed by atoms with E-state index in [9.17, 15) is 0 Å². The van der Waals surface area contributed by atoms with Crippen molar-refractivity contribution in [3.8, 4) is 0 Å². The average Bonchev–Trinajstić information content (AvgIpc) is 2.27. The van der Waals surface area contributed by atoms with Crippen molar-refractivity contribution in [1.82, 2.24) is 0 Å². The number of nitrogens with zero attached hydrogens (tertiary/aromatic N) is 1. The Bertz CT molecular complexity index is 510. The molecule has 0 fully saturated rings. The van der Waals surface area contributed by atoms with Gasteiger partial charge >= 0.3 is 0 Å². The van der Waals surface area contributed by atoms with Crippen LogP contribution in [0, 0.1) is 5.41 Å². The van der Waals surface area contributed by atoms with Gasteiger partial charge < -0.3 is 0 Å². The second-order valence-electron chi connectivity index (χ2n) is 3.25. The summed E-state index contributed by atoms with van der Waals surface area (Å²) in [5, 5.41) is 8.92. The molecule has 0 radical (unpaired) electrons. The Morgan fingerprint density at radius 1 is 1.00 bits per heavy atom. The van der Waals surface area contributed by atoms with Gasteiger partial charge in [0, 0.05) is 10.1 Å². The molecule has 80 valence electrons. The van der Waals surface area contributed by atoms with Crippen LogP contribution in [0.1, 0.15) is 0 Å². The molecule has 0 aliphatic heterocycles. The van der Waals surface area contributed by atoms with Gasteiger partial charge in [-0.15, -0.1) is 0 Å². The number of allylic oxidation sites excluding steroid dienone is 4. The van der Waals surface area contributed by atoms with Crippen LogP contribution in [-0.2, 0) is 0 Å². The third kappa shape index (κ3) is 2.60. The van der Waals surface area contributed by atoms with Crippen LogP contribution < -0.4 is 0 Å². The normalized spacial score (nSPS) is 17.8. The van der Waals surface area contributed by atoms with Crippen molar-refractivity contribution in [2.45, 2.75) is 0 Å². The van der Waals surface area contributed by atoms with Gasteiger partial charge in [0.2, 0.25) is 0 Å². The summed E-state index contributed by atoms with van der Waals surface area (Å²) >= 11 is 11.6. The van der Waals surface area contributed by atoms with Crippen molar-refractivity contribution in [3.05, 3.63) is 52.5 Å². The van der Waals surface area contributed by atoms with E-state index in [1.54, 1.807) is 42.5 Å². The summed E-state index contributed by atoms with van der Waals surface area (Å²) in [6.07, 6.45) is 4.96. The smallest absolute Gasteiger partial charge is 0.0901 e. The van der Waals surface area contributed by atoms with Crippen LogP contribution in [0.4, 0.5) is 5.69 Å². The molecule has 0 saturated heterocycles. The molecule has 0 atom stereocenters. The molecule has 2 nitrogen and oxygen atoms in total. The zero-order valence-electron chi connectivity index (χ0n) is 8.24. The summed E-state index contributed by atoms with van der Waals surface area (Å²) < 4.78 is 0. The van der Waals surface area contributed by atoms with Crippen molar-refractivity contribution in [2.75, 3.05) is 0 Å². The van der Waals surface area contributed by atoms with Gasteiger partial charge in [0.05, 0.1) is 17.1 Å². The van der Waals surface area contributed by atoms with Crippen LogP contribution in [0.2, 0.25) is 5.02 Å². The molecular formula is C12H8Cl2N2. The number of benzene rings is 1. The van der Waals surface area contributed by atoms with Crippen molar-refractivity contribution in [2.24, 2.45) is 4.99 Å². The summed E-state index contributed by atoms with van der Waals surface area (Å²) in [5.74, 6) is 0. The first kappa shape index (κ1) is 11.1. The highest BCUT2D eigenvalue weighted by molar-refractivity contribution is 6.53. The van der Waals surface area contributed by atoms with E-state index < -0.39 is 0 Å². The molecule has 0 aromatic heterocycles. The number of rotatable bonds is 1. The molecule has 4 heteroatoms. The highest BCUT2D eigenvalue weighted by Gasteiger charge is 2.07. The maximum Gasteiger partial charge on any atom is 0.0901 e. The Morgan fingerprint density at radius 3 is 2.38 bits per heavy atom. The Labute approximate surface area is 103 Å². The van der Waals surface area contributed by atoms with Crippen LogP contribution in [0.5, 0.6) is 0 Å². The quantitative estimate of drug-likeness (QED) is 0.729. The van der Waals surface area contributed by atoms with Gasteiger partial charge in [-0.05, 0) is 42.5 Å². The Morgan fingerprint density at radius 2 is 1.69 bits per heavy atom. The SMILES string of the molecule is N=C1C=CC(Cl)=CC1=Nc1ccc(Cl)cc1. The van der Waals surface area contributed by atoms with Gasteiger partial charge in [-0.2, -0.15) is 0 Å². The van der Waals surface area contributed by atoms with Crippen molar-refractivity contribution in [1.29, 1.82) is 5.41 Å². The summed E-state index contributed by atoms with van der Waals surface area (Å²) in [7, 11) is 0. The van der Waals surface area contributed by atoms with Crippen LogP contribution in [-0.4, -0.2) is 11.4 Å². The molecule has 0 bridgehead atoms. The fourth-order valence-corrected chi connectivity index (χ4v) is 1.54. The number of aliphatic imine (C=N–C) groups is 1. The minimum atomic E-state index is 0.347. The molecule has 1 N–H and O–H groups in total. The fraction of sp³-hybridized carbons (Fsp3) is 0. The van der Waals surface area contributed by atoms with Crippen molar-refractivity contribution in [3.63, 3.8) is 0 Å². The second-order valence-corrected chi connectivity index (χ2v) is 4.12. The van der Waals surface area contributed by atoms with Gasteiger partial charge in [0.15, 0.2) is 0 Å². The Kier molecular flexibility index (Phi) is 3.22. The molecule has 0 unspecified atom stereocenters. The lowest BCUT2D eigenvalue weighted by molar-refractivity contribution is 1.49. The lowest BCUT2D eigenvalue weighted by Gasteiger charge is -2.05. The highest BCUT2D eigenvalue weighted by atomic mass is 35.5. The third-order valence-corrected chi connectivity index (χ3v) is 2.52.